The molecule has 4 rings (SSSR count). The van der Waals surface area contributed by atoms with E-state index in [0.717, 1.165) is 13.0 Å². The van der Waals surface area contributed by atoms with Gasteiger partial charge in [-0.15, -0.1) is 5.17 Å². The van der Waals surface area contributed by atoms with Crippen molar-refractivity contribution < 1.29 is 4.84 Å². The zero-order valence-corrected chi connectivity index (χ0v) is 12.3. The summed E-state index contributed by atoms with van der Waals surface area (Å²) in [5.41, 5.74) is 2.07. The van der Waals surface area contributed by atoms with Gasteiger partial charge < -0.3 is 0 Å². The molecule has 2 aromatic rings. The van der Waals surface area contributed by atoms with Gasteiger partial charge in [0.1, 0.15) is 0 Å². The molecule has 0 radical (unpaired) electrons. The molecule has 2 heterocycles. The smallest absolute Gasteiger partial charge is 0.158 e. The third-order valence-electron chi connectivity index (χ3n) is 4.74. The Kier molecular flexibility index (Phi) is 3.07. The zero-order chi connectivity index (χ0) is 14.3. The zero-order valence-electron chi connectivity index (χ0n) is 12.3. The summed E-state index contributed by atoms with van der Waals surface area (Å²) < 4.78 is 0. The first-order valence-electron chi connectivity index (χ1n) is 7.63. The van der Waals surface area contributed by atoms with Crippen LogP contribution in [-0.4, -0.2) is 29.8 Å². The molecule has 2 aromatic carbocycles. The number of hydrogen-bond donors (Lipinski definition) is 0. The fourth-order valence-corrected chi connectivity index (χ4v) is 3.85. The van der Waals surface area contributed by atoms with Crippen LogP contribution in [0.5, 0.6) is 0 Å². The molecule has 0 aromatic heterocycles. The van der Waals surface area contributed by atoms with Crippen LogP contribution >= 0.6 is 0 Å². The van der Waals surface area contributed by atoms with E-state index in [1.807, 2.05) is 12.2 Å². The maximum atomic E-state index is 6.45. The predicted molar refractivity (Wildman–Crippen MR) is 82.2 cm³/mol. The maximum Gasteiger partial charge on any atom is 0.158 e. The average Bonchev–Trinajstić information content (AvgIpc) is 3.13. The summed E-state index contributed by atoms with van der Waals surface area (Å²) in [6.07, 6.45) is 2.38. The molecule has 0 saturated carbocycles. The summed E-state index contributed by atoms with van der Waals surface area (Å²) in [6.45, 7) is 1.07. The van der Waals surface area contributed by atoms with E-state index in [2.05, 4.69) is 65.7 Å². The van der Waals surface area contributed by atoms with Crippen LogP contribution in [0.15, 0.2) is 60.7 Å². The molecule has 2 saturated heterocycles. The highest BCUT2D eigenvalue weighted by Gasteiger charge is 2.55. The molecule has 0 bridgehead atoms. The summed E-state index contributed by atoms with van der Waals surface area (Å²) in [4.78, 5) is 6.45. The summed E-state index contributed by atoms with van der Waals surface area (Å²) in [5, 5.41) is 4.30. The first-order valence-corrected chi connectivity index (χ1v) is 7.63. The number of hydrazine groups is 1. The molecular weight excluding hydrogens is 260 g/mol. The molecule has 0 N–H and O–H groups in total. The van der Waals surface area contributed by atoms with Gasteiger partial charge in [0.2, 0.25) is 0 Å². The van der Waals surface area contributed by atoms with Gasteiger partial charge >= 0.3 is 0 Å². The SMILES string of the molecule is CN1OC(c2ccccc2)(c2ccccc2)[C@H]2CCCN21. The van der Waals surface area contributed by atoms with Crippen LogP contribution in [0.4, 0.5) is 0 Å². The van der Waals surface area contributed by atoms with Crippen molar-refractivity contribution in [3.63, 3.8) is 0 Å². The minimum atomic E-state index is -0.395. The van der Waals surface area contributed by atoms with E-state index in [0.29, 0.717) is 6.04 Å². The minimum absolute atomic E-state index is 0.368. The first kappa shape index (κ1) is 13.0. The second-order valence-corrected chi connectivity index (χ2v) is 5.84. The predicted octanol–water partition coefficient (Wildman–Crippen LogP) is 3.19. The largest absolute Gasteiger partial charge is 0.266 e. The molecule has 0 amide bonds. The molecule has 108 valence electrons. The van der Waals surface area contributed by atoms with Crippen LogP contribution in [0.1, 0.15) is 24.0 Å². The van der Waals surface area contributed by atoms with Gasteiger partial charge in [0.15, 0.2) is 5.60 Å². The van der Waals surface area contributed by atoms with Crippen molar-refractivity contribution in [2.24, 2.45) is 0 Å². The first-order chi connectivity index (χ1) is 10.3. The maximum absolute atomic E-state index is 6.45. The monoisotopic (exact) mass is 280 g/mol. The van der Waals surface area contributed by atoms with E-state index in [9.17, 15) is 0 Å². The van der Waals surface area contributed by atoms with E-state index in [4.69, 9.17) is 4.84 Å². The third-order valence-corrected chi connectivity index (χ3v) is 4.74. The Morgan fingerprint density at radius 3 is 2.10 bits per heavy atom. The van der Waals surface area contributed by atoms with Crippen molar-refractivity contribution in [1.82, 2.24) is 10.2 Å². The normalized spacial score (nSPS) is 25.1. The minimum Gasteiger partial charge on any atom is -0.266 e. The number of rotatable bonds is 2. The highest BCUT2D eigenvalue weighted by atomic mass is 16.7. The molecule has 3 heteroatoms. The van der Waals surface area contributed by atoms with Crippen LogP contribution in [0.3, 0.4) is 0 Å². The van der Waals surface area contributed by atoms with Gasteiger partial charge in [-0.25, -0.2) is 5.01 Å². The Hall–Kier alpha value is -1.68. The number of benzene rings is 2. The van der Waals surface area contributed by atoms with Crippen molar-refractivity contribution in [2.45, 2.75) is 24.5 Å². The fraction of sp³-hybridized carbons (Fsp3) is 0.333. The van der Waals surface area contributed by atoms with Gasteiger partial charge in [-0.3, -0.25) is 4.84 Å². The van der Waals surface area contributed by atoms with Crippen molar-refractivity contribution in [1.29, 1.82) is 0 Å². The van der Waals surface area contributed by atoms with Crippen molar-refractivity contribution in [3.05, 3.63) is 71.8 Å². The van der Waals surface area contributed by atoms with Crippen molar-refractivity contribution >= 4 is 0 Å². The lowest BCUT2D eigenvalue weighted by Crippen LogP contribution is -2.41. The molecule has 0 aliphatic carbocycles. The summed E-state index contributed by atoms with van der Waals surface area (Å²) in [7, 11) is 2.02. The van der Waals surface area contributed by atoms with Gasteiger partial charge in [0, 0.05) is 13.6 Å². The molecular formula is C18H20N2O. The van der Waals surface area contributed by atoms with Gasteiger partial charge in [-0.1, -0.05) is 60.7 Å². The molecule has 0 unspecified atom stereocenters. The van der Waals surface area contributed by atoms with E-state index in [1.54, 1.807) is 0 Å². The molecule has 2 aliphatic heterocycles. The van der Waals surface area contributed by atoms with Gasteiger partial charge in [-0.05, 0) is 24.0 Å². The lowest BCUT2D eigenvalue weighted by Gasteiger charge is -2.33. The number of nitrogens with zero attached hydrogens (tertiary/aromatic N) is 2. The Balaban J connectivity index is 1.92. The fourth-order valence-electron chi connectivity index (χ4n) is 3.85. The van der Waals surface area contributed by atoms with Crippen LogP contribution in [-0.2, 0) is 10.4 Å². The lowest BCUT2D eigenvalue weighted by atomic mass is 9.79. The Bertz CT molecular complexity index is 574. The van der Waals surface area contributed by atoms with Crippen LogP contribution in [0.25, 0.3) is 0 Å². The molecule has 0 spiro atoms. The lowest BCUT2D eigenvalue weighted by molar-refractivity contribution is -0.236. The second-order valence-electron chi connectivity index (χ2n) is 5.84. The van der Waals surface area contributed by atoms with E-state index >= 15 is 0 Å². The van der Waals surface area contributed by atoms with E-state index in [-0.39, 0.29) is 0 Å². The molecule has 1 atom stereocenters. The van der Waals surface area contributed by atoms with Crippen LogP contribution in [0.2, 0.25) is 0 Å². The van der Waals surface area contributed by atoms with Crippen molar-refractivity contribution in [2.75, 3.05) is 13.6 Å². The Morgan fingerprint density at radius 1 is 0.952 bits per heavy atom. The molecule has 2 fully saturated rings. The number of fused-ring (bicyclic) bond motifs is 1. The van der Waals surface area contributed by atoms with E-state index < -0.39 is 5.60 Å². The van der Waals surface area contributed by atoms with Gasteiger partial charge in [0.05, 0.1) is 6.04 Å². The number of hydrogen-bond acceptors (Lipinski definition) is 3. The standard InChI is InChI=1S/C18H20N2O/c1-19-20-14-8-13-17(20)18(21-19,15-9-4-2-5-10-15)16-11-6-3-7-12-16/h2-7,9-12,17H,8,13-14H2,1H3/t17-/m1/s1. The molecule has 3 nitrogen and oxygen atoms in total. The average molecular weight is 280 g/mol. The molecule has 2 aliphatic rings. The number of hydroxylamine groups is 1. The highest BCUT2D eigenvalue weighted by molar-refractivity contribution is 5.39. The van der Waals surface area contributed by atoms with E-state index in [1.165, 1.54) is 17.5 Å². The topological polar surface area (TPSA) is 15.7 Å². The summed E-state index contributed by atoms with van der Waals surface area (Å²) >= 11 is 0. The van der Waals surface area contributed by atoms with Crippen molar-refractivity contribution in [3.8, 4) is 0 Å². The van der Waals surface area contributed by atoms with Crippen LogP contribution < -0.4 is 0 Å². The van der Waals surface area contributed by atoms with Gasteiger partial charge in [-0.2, -0.15) is 0 Å². The highest BCUT2D eigenvalue weighted by Crippen LogP contribution is 2.48. The summed E-state index contributed by atoms with van der Waals surface area (Å²) in [5.74, 6) is 0. The second kappa shape index (κ2) is 4.95. The Morgan fingerprint density at radius 2 is 1.52 bits per heavy atom. The van der Waals surface area contributed by atoms with Crippen LogP contribution in [0, 0.1) is 0 Å². The third kappa shape index (κ3) is 1.85. The molecule has 21 heavy (non-hydrogen) atoms. The quantitative estimate of drug-likeness (QED) is 0.840. The Labute approximate surface area is 125 Å². The summed E-state index contributed by atoms with van der Waals surface area (Å²) in [6, 6.07) is 21.6. The van der Waals surface area contributed by atoms with Gasteiger partial charge in [0.25, 0.3) is 0 Å².